The Morgan fingerprint density at radius 2 is 1.79 bits per heavy atom. The van der Waals surface area contributed by atoms with Crippen LogP contribution in [0.3, 0.4) is 0 Å². The zero-order valence-corrected chi connectivity index (χ0v) is 26.4. The summed E-state index contributed by atoms with van der Waals surface area (Å²) in [6, 6.07) is -0.158. The molecule has 10 heteroatoms. The van der Waals surface area contributed by atoms with Crippen molar-refractivity contribution < 1.29 is 38.7 Å². The monoisotopic (exact) mass is 617 g/mol. The molecule has 224 valence electrons. The molecule has 39 heavy (non-hydrogen) atoms. The van der Waals surface area contributed by atoms with Gasteiger partial charge in [-0.25, -0.2) is 0 Å². The molecule has 2 N–H and O–H groups in total. The lowest BCUT2D eigenvalue weighted by Crippen LogP contribution is -2.59. The van der Waals surface area contributed by atoms with Crippen molar-refractivity contribution in [1.82, 2.24) is 4.90 Å². The highest BCUT2D eigenvalue weighted by Gasteiger charge is 2.65. The molecule has 1 spiro atoms. The second-order valence-electron chi connectivity index (χ2n) is 12.9. The van der Waals surface area contributed by atoms with Crippen LogP contribution in [0.15, 0.2) is 11.6 Å². The Balaban J connectivity index is 1.79. The molecule has 3 saturated heterocycles. The van der Waals surface area contributed by atoms with Crippen LogP contribution in [0.1, 0.15) is 67.7 Å². The minimum atomic E-state index is -1.08. The maximum absolute atomic E-state index is 13.3. The number of likely N-dealkylation sites (N-methyl/N-ethyl adjacent to an activating group) is 1. The van der Waals surface area contributed by atoms with Gasteiger partial charge in [0, 0.05) is 23.2 Å². The molecule has 4 rings (SSSR count). The maximum Gasteiger partial charge on any atom is 0.311 e. The van der Waals surface area contributed by atoms with Crippen molar-refractivity contribution >= 4 is 21.9 Å². The van der Waals surface area contributed by atoms with Crippen molar-refractivity contribution in [3.63, 3.8) is 0 Å². The van der Waals surface area contributed by atoms with Gasteiger partial charge >= 0.3 is 5.97 Å². The maximum atomic E-state index is 13.3. The first-order valence-electron chi connectivity index (χ1n) is 14.3. The van der Waals surface area contributed by atoms with Crippen molar-refractivity contribution in [2.24, 2.45) is 17.8 Å². The first-order valence-corrected chi connectivity index (χ1v) is 15.5. The number of nitrogens with zero attached hydrogens (tertiary/aromatic N) is 1. The SMILES string of the molecule is CC[C@H]1OC(=O)[C@H](C)[C@@H](O)[C@H](C)[C@@H](O[C@@H]2O[C@H](C)C[C@H](N(C)C)[C@H]2O)[C@@]2(C)C[C@@H](C)C3(O2)O[C@@]1(C)C=C3CBr. The fraction of sp³-hybridized carbons (Fsp3) is 0.897. The number of rotatable bonds is 5. The van der Waals surface area contributed by atoms with Gasteiger partial charge < -0.3 is 38.8 Å². The molecule has 0 aromatic rings. The number of hydrogen-bond donors (Lipinski definition) is 2. The minimum absolute atomic E-state index is 0.0689. The van der Waals surface area contributed by atoms with Crippen molar-refractivity contribution in [3.05, 3.63) is 11.6 Å². The molecule has 4 heterocycles. The molecule has 3 fully saturated rings. The number of ether oxygens (including phenoxy) is 5. The Bertz CT molecular complexity index is 948. The Hall–Kier alpha value is -0.590. The van der Waals surface area contributed by atoms with Gasteiger partial charge in [-0.3, -0.25) is 4.79 Å². The molecule has 0 radical (unpaired) electrons. The molecule has 1 unspecified atom stereocenters. The van der Waals surface area contributed by atoms with E-state index in [0.29, 0.717) is 24.6 Å². The Labute approximate surface area is 241 Å². The van der Waals surface area contributed by atoms with Crippen molar-refractivity contribution in [2.45, 2.75) is 128 Å². The van der Waals surface area contributed by atoms with E-state index in [4.69, 9.17) is 23.7 Å². The second kappa shape index (κ2) is 11.2. The van der Waals surface area contributed by atoms with Crippen molar-refractivity contribution in [2.75, 3.05) is 19.4 Å². The van der Waals surface area contributed by atoms with Gasteiger partial charge in [0.1, 0.15) is 17.8 Å². The summed E-state index contributed by atoms with van der Waals surface area (Å²) in [7, 11) is 3.86. The largest absolute Gasteiger partial charge is 0.459 e. The van der Waals surface area contributed by atoms with Crippen LogP contribution in [0, 0.1) is 17.8 Å². The summed E-state index contributed by atoms with van der Waals surface area (Å²) in [5.74, 6) is -2.99. The predicted octanol–water partition coefficient (Wildman–Crippen LogP) is 3.39. The summed E-state index contributed by atoms with van der Waals surface area (Å²) in [4.78, 5) is 15.3. The van der Waals surface area contributed by atoms with E-state index in [9.17, 15) is 15.0 Å². The number of aliphatic hydroxyl groups is 2. The fourth-order valence-electron chi connectivity index (χ4n) is 7.32. The van der Waals surface area contributed by atoms with E-state index in [1.54, 1.807) is 6.92 Å². The van der Waals surface area contributed by atoms with Gasteiger partial charge in [-0.15, -0.1) is 0 Å². The Kier molecular flexibility index (Phi) is 9.04. The van der Waals surface area contributed by atoms with Gasteiger partial charge in [-0.1, -0.05) is 36.7 Å². The summed E-state index contributed by atoms with van der Waals surface area (Å²) in [5, 5.41) is 23.3. The molecule has 0 amide bonds. The summed E-state index contributed by atoms with van der Waals surface area (Å²) in [6.07, 6.45) is -0.528. The lowest BCUT2D eigenvalue weighted by molar-refractivity contribution is -0.327. The summed E-state index contributed by atoms with van der Waals surface area (Å²) in [5.41, 5.74) is -0.894. The summed E-state index contributed by atoms with van der Waals surface area (Å²) in [6.45, 7) is 13.5. The molecule has 4 aliphatic rings. The van der Waals surface area contributed by atoms with Gasteiger partial charge in [0.15, 0.2) is 12.1 Å². The first-order chi connectivity index (χ1) is 18.1. The molecule has 0 aromatic heterocycles. The van der Waals surface area contributed by atoms with Crippen LogP contribution in [0.25, 0.3) is 0 Å². The Morgan fingerprint density at radius 3 is 2.38 bits per heavy atom. The topological polar surface area (TPSA) is 107 Å². The Morgan fingerprint density at radius 1 is 1.13 bits per heavy atom. The van der Waals surface area contributed by atoms with Gasteiger partial charge in [0.05, 0.1) is 29.8 Å². The number of cyclic esters (lactones) is 1. The van der Waals surface area contributed by atoms with Gasteiger partial charge in [-0.2, -0.15) is 0 Å². The predicted molar refractivity (Wildman–Crippen MR) is 149 cm³/mol. The number of halogens is 1. The normalized spacial score (nSPS) is 50.8. The third-order valence-electron chi connectivity index (χ3n) is 9.50. The molecule has 13 atom stereocenters. The third-order valence-corrected chi connectivity index (χ3v) is 10.1. The van der Waals surface area contributed by atoms with Gasteiger partial charge in [-0.05, 0) is 72.7 Å². The minimum Gasteiger partial charge on any atom is -0.459 e. The highest BCUT2D eigenvalue weighted by Crippen LogP contribution is 2.56. The van der Waals surface area contributed by atoms with Crippen molar-refractivity contribution in [1.29, 1.82) is 0 Å². The molecule has 4 aliphatic heterocycles. The fourth-order valence-corrected chi connectivity index (χ4v) is 7.87. The molecule has 0 aliphatic carbocycles. The van der Waals surface area contributed by atoms with Crippen LogP contribution in [-0.4, -0.2) is 100 Å². The van der Waals surface area contributed by atoms with E-state index >= 15 is 0 Å². The molecule has 0 aromatic carbocycles. The zero-order chi connectivity index (χ0) is 29.1. The molecule has 0 saturated carbocycles. The van der Waals surface area contributed by atoms with Crippen LogP contribution < -0.4 is 0 Å². The molecular formula is C29H48BrNO8. The van der Waals surface area contributed by atoms with Crippen LogP contribution in [0.5, 0.6) is 0 Å². The average molecular weight is 619 g/mol. The molecule has 3 bridgehead atoms. The molecule has 9 nitrogen and oxygen atoms in total. The van der Waals surface area contributed by atoms with Crippen LogP contribution in [0.2, 0.25) is 0 Å². The third kappa shape index (κ3) is 5.38. The van der Waals surface area contributed by atoms with Gasteiger partial charge in [0.25, 0.3) is 0 Å². The lowest BCUT2D eigenvalue weighted by Gasteiger charge is -2.47. The number of alkyl halides is 1. The standard InChI is InChI=1S/C29H48BrNO8/c1-10-21-27(6)13-19(14-30)29(38-27)15(2)12-28(7,39-29)24(17(4)22(32)18(5)25(34)36-21)37-26-23(33)20(31(8)9)11-16(3)35-26/h13,15-18,20-24,26,32-33H,10-12,14H2,1-9H3/t15-,16-,17+,18-,20+,21-,22+,23-,24-,26+,27+,28-,29?/m1/s1. The summed E-state index contributed by atoms with van der Waals surface area (Å²) >= 11 is 3.65. The van der Waals surface area contributed by atoms with Crippen LogP contribution in [0.4, 0.5) is 0 Å². The number of fused-ring (bicyclic) bond motifs is 2. The highest BCUT2D eigenvalue weighted by atomic mass is 79.9. The smallest absolute Gasteiger partial charge is 0.311 e. The van der Waals surface area contributed by atoms with Crippen LogP contribution >= 0.6 is 15.9 Å². The van der Waals surface area contributed by atoms with Gasteiger partial charge in [0.2, 0.25) is 0 Å². The van der Waals surface area contributed by atoms with Crippen molar-refractivity contribution in [3.8, 4) is 0 Å². The van der Waals surface area contributed by atoms with E-state index in [0.717, 1.165) is 5.57 Å². The zero-order valence-electron chi connectivity index (χ0n) is 24.8. The van der Waals surface area contributed by atoms with Crippen LogP contribution in [-0.2, 0) is 28.5 Å². The highest BCUT2D eigenvalue weighted by molar-refractivity contribution is 9.09. The number of carbonyl (C=O) groups excluding carboxylic acids is 1. The quantitative estimate of drug-likeness (QED) is 0.273. The summed E-state index contributed by atoms with van der Waals surface area (Å²) < 4.78 is 32.6. The van der Waals surface area contributed by atoms with E-state index in [-0.39, 0.29) is 18.1 Å². The van der Waals surface area contributed by atoms with E-state index in [1.807, 2.05) is 59.7 Å². The lowest BCUT2D eigenvalue weighted by atomic mass is 9.78. The average Bonchev–Trinajstić information content (AvgIpc) is 3.31. The number of aliphatic hydroxyl groups excluding tert-OH is 2. The number of carbonyl (C=O) groups is 1. The number of esters is 1. The number of hydrogen-bond acceptors (Lipinski definition) is 9. The second-order valence-corrected chi connectivity index (χ2v) is 13.4. The van der Waals surface area contributed by atoms with E-state index in [1.165, 1.54) is 0 Å². The first kappa shape index (κ1) is 31.3. The molecular weight excluding hydrogens is 570 g/mol. The van der Waals surface area contributed by atoms with E-state index < -0.39 is 65.5 Å². The van der Waals surface area contributed by atoms with E-state index in [2.05, 4.69) is 22.9 Å².